The molecule has 2 aromatic carbocycles. The summed E-state index contributed by atoms with van der Waals surface area (Å²) in [4.78, 5) is 24.5. The van der Waals surface area contributed by atoms with Gasteiger partial charge in [-0.3, -0.25) is 9.59 Å². The molecule has 2 N–H and O–H groups in total. The van der Waals surface area contributed by atoms with Crippen molar-refractivity contribution in [3.63, 3.8) is 0 Å². The summed E-state index contributed by atoms with van der Waals surface area (Å²) in [6, 6.07) is 8.69. The van der Waals surface area contributed by atoms with Crippen LogP contribution in [0.2, 0.25) is 0 Å². The highest BCUT2D eigenvalue weighted by Gasteiger charge is 2.45. The van der Waals surface area contributed by atoms with Crippen LogP contribution in [-0.4, -0.2) is 30.0 Å². The molecule has 0 unspecified atom stereocenters. The second-order valence-corrected chi connectivity index (χ2v) is 10.1. The molecule has 1 aliphatic rings. The third-order valence-electron chi connectivity index (χ3n) is 6.90. The van der Waals surface area contributed by atoms with Gasteiger partial charge in [0.1, 0.15) is 5.75 Å². The molecule has 0 saturated heterocycles. The summed E-state index contributed by atoms with van der Waals surface area (Å²) in [5.74, 6) is 0.665. The number of benzene rings is 2. The third kappa shape index (κ3) is 7.78. The number of carbonyl (C=O) groups is 2. The van der Waals surface area contributed by atoms with Crippen LogP contribution < -0.4 is 10.1 Å². The zero-order valence-electron chi connectivity index (χ0n) is 22.8. The first-order valence-electron chi connectivity index (χ1n) is 13.2. The Kier molecular flexibility index (Phi) is 10.2. The summed E-state index contributed by atoms with van der Waals surface area (Å²) >= 11 is 0. The van der Waals surface area contributed by atoms with E-state index < -0.39 is 23.6 Å². The molecule has 212 valence electrons. The first kappa shape index (κ1) is 30.6. The van der Waals surface area contributed by atoms with E-state index in [2.05, 4.69) is 11.2 Å². The number of alkyl halides is 3. The minimum Gasteiger partial charge on any atom is -0.493 e. The standard InChI is InChI=1S/C32H34F3NO4/c1-5-7-10-21(6-2)11-9-16-40-29-13-8-12-23(30(29)20(3)4)28(37)19-36-27-17-22(24-18-25(24)31(38)39)14-15-26(27)32(33,34)35/h1,6-8,10,12-15,17,20,24-25,36H,9,11,16,18-19H2,2-4H3,(H,38,39)/b10-7-,21-6+/t24-,25-/m1/s1. The van der Waals surface area contributed by atoms with Crippen molar-refractivity contribution in [1.29, 1.82) is 0 Å². The van der Waals surface area contributed by atoms with E-state index in [1.165, 1.54) is 12.1 Å². The number of halogens is 3. The third-order valence-corrected chi connectivity index (χ3v) is 6.90. The Morgan fingerprint density at radius 2 is 2.00 bits per heavy atom. The van der Waals surface area contributed by atoms with Gasteiger partial charge in [0.25, 0.3) is 0 Å². The Hall–Kier alpha value is -3.99. The second kappa shape index (κ2) is 13.4. The summed E-state index contributed by atoms with van der Waals surface area (Å²) in [6.45, 7) is 5.83. The number of nitrogens with one attached hydrogen (secondary N) is 1. The number of aliphatic carboxylic acids is 1. The summed E-state index contributed by atoms with van der Waals surface area (Å²) in [6.07, 6.45) is 8.00. The van der Waals surface area contributed by atoms with Crippen LogP contribution in [-0.2, 0) is 11.0 Å². The van der Waals surface area contributed by atoms with Gasteiger partial charge in [0.05, 0.1) is 24.6 Å². The maximum Gasteiger partial charge on any atom is 0.418 e. The summed E-state index contributed by atoms with van der Waals surface area (Å²) in [7, 11) is 0. The Balaban J connectivity index is 1.75. The molecule has 0 spiro atoms. The van der Waals surface area contributed by atoms with E-state index in [9.17, 15) is 27.9 Å². The number of hydrogen-bond donors (Lipinski definition) is 2. The lowest BCUT2D eigenvalue weighted by Crippen LogP contribution is -2.19. The maximum absolute atomic E-state index is 13.7. The van der Waals surface area contributed by atoms with Crippen LogP contribution in [0.3, 0.4) is 0 Å². The molecule has 5 nitrogen and oxygen atoms in total. The SMILES string of the molecule is C#C/C=C\C(=C/C)CCCOc1cccc(C(=O)CNc2cc([C@H]3C[C@H]3C(=O)O)ccc2C(F)(F)F)c1C(C)C. The van der Waals surface area contributed by atoms with Crippen LogP contribution in [0.4, 0.5) is 18.9 Å². The molecule has 1 saturated carbocycles. The van der Waals surface area contributed by atoms with E-state index in [1.54, 1.807) is 24.3 Å². The smallest absolute Gasteiger partial charge is 0.418 e. The first-order chi connectivity index (χ1) is 19.0. The molecule has 2 aromatic rings. The molecular formula is C32H34F3NO4. The predicted octanol–water partition coefficient (Wildman–Crippen LogP) is 7.61. The van der Waals surface area contributed by atoms with Gasteiger partial charge in [-0.15, -0.1) is 6.42 Å². The van der Waals surface area contributed by atoms with Crippen LogP contribution in [0, 0.1) is 18.3 Å². The van der Waals surface area contributed by atoms with Gasteiger partial charge >= 0.3 is 12.1 Å². The lowest BCUT2D eigenvalue weighted by Gasteiger charge is -2.19. The zero-order chi connectivity index (χ0) is 29.4. The molecule has 0 heterocycles. The van der Waals surface area contributed by atoms with Gasteiger partial charge in [0.15, 0.2) is 5.78 Å². The lowest BCUT2D eigenvalue weighted by molar-refractivity contribution is -0.139. The van der Waals surface area contributed by atoms with Crippen molar-refractivity contribution in [3.8, 4) is 18.1 Å². The summed E-state index contributed by atoms with van der Waals surface area (Å²) in [5, 5.41) is 11.9. The van der Waals surface area contributed by atoms with E-state index in [-0.39, 0.29) is 29.9 Å². The van der Waals surface area contributed by atoms with Gasteiger partial charge in [-0.25, -0.2) is 0 Å². The number of hydrogen-bond acceptors (Lipinski definition) is 4. The minimum atomic E-state index is -4.64. The molecule has 0 aromatic heterocycles. The number of ether oxygens (including phenoxy) is 1. The molecular weight excluding hydrogens is 519 g/mol. The topological polar surface area (TPSA) is 75.6 Å². The molecule has 0 bridgehead atoms. The number of anilines is 1. The van der Waals surface area contributed by atoms with Crippen molar-refractivity contribution in [2.24, 2.45) is 5.92 Å². The van der Waals surface area contributed by atoms with Gasteiger partial charge in [0, 0.05) is 16.8 Å². The van der Waals surface area contributed by atoms with Crippen LogP contribution in [0.5, 0.6) is 5.75 Å². The van der Waals surface area contributed by atoms with Gasteiger partial charge in [-0.2, -0.15) is 13.2 Å². The average Bonchev–Trinajstić information content (AvgIpc) is 3.72. The van der Waals surface area contributed by atoms with Gasteiger partial charge < -0.3 is 15.2 Å². The Labute approximate surface area is 233 Å². The molecule has 2 atom stereocenters. The largest absolute Gasteiger partial charge is 0.493 e. The van der Waals surface area contributed by atoms with Crippen LogP contribution in [0.1, 0.15) is 78.9 Å². The highest BCUT2D eigenvalue weighted by Crippen LogP contribution is 2.49. The molecule has 40 heavy (non-hydrogen) atoms. The first-order valence-corrected chi connectivity index (χ1v) is 13.2. The lowest BCUT2D eigenvalue weighted by atomic mass is 9.93. The number of carboxylic acid groups (broad SMARTS) is 1. The minimum absolute atomic E-state index is 0.0725. The molecule has 0 radical (unpaired) electrons. The van der Waals surface area contributed by atoms with Crippen molar-refractivity contribution >= 4 is 17.4 Å². The average molecular weight is 554 g/mol. The fraction of sp³-hybridized carbons (Fsp3) is 0.375. The quantitative estimate of drug-likeness (QED) is 0.116. The number of rotatable bonds is 13. The highest BCUT2D eigenvalue weighted by molar-refractivity contribution is 6.01. The fourth-order valence-electron chi connectivity index (χ4n) is 4.74. The van der Waals surface area contributed by atoms with Crippen molar-refractivity contribution in [2.75, 3.05) is 18.5 Å². The number of terminal acetylenes is 1. The monoisotopic (exact) mass is 553 g/mol. The summed E-state index contributed by atoms with van der Waals surface area (Å²) in [5.41, 5.74) is 1.51. The van der Waals surface area contributed by atoms with Gasteiger partial charge in [-0.05, 0) is 67.9 Å². The number of carboxylic acids is 1. The molecule has 0 aliphatic heterocycles. The van der Waals surface area contributed by atoms with Crippen molar-refractivity contribution < 1.29 is 32.6 Å². The molecule has 3 rings (SSSR count). The zero-order valence-corrected chi connectivity index (χ0v) is 22.8. The molecule has 1 aliphatic carbocycles. The van der Waals surface area contributed by atoms with Crippen LogP contribution in [0.15, 0.2) is 60.2 Å². The number of ketones is 1. The highest BCUT2D eigenvalue weighted by atomic mass is 19.4. The molecule has 8 heteroatoms. The number of carbonyl (C=O) groups excluding carboxylic acids is 1. The van der Waals surface area contributed by atoms with Gasteiger partial charge in [0.2, 0.25) is 0 Å². The van der Waals surface area contributed by atoms with Crippen molar-refractivity contribution in [1.82, 2.24) is 0 Å². The number of Topliss-reactive ketones (excluding diaryl/α,β-unsaturated/α-hetero) is 1. The fourth-order valence-corrected chi connectivity index (χ4v) is 4.74. The van der Waals surface area contributed by atoms with Crippen molar-refractivity contribution in [2.45, 2.75) is 58.0 Å². The van der Waals surface area contributed by atoms with Gasteiger partial charge in [-0.1, -0.05) is 55.7 Å². The van der Waals surface area contributed by atoms with Crippen molar-refractivity contribution in [3.05, 3.63) is 82.5 Å². The van der Waals surface area contributed by atoms with E-state index >= 15 is 0 Å². The van der Waals surface area contributed by atoms with E-state index in [4.69, 9.17) is 11.2 Å². The second-order valence-electron chi connectivity index (χ2n) is 10.1. The normalized spacial score (nSPS) is 17.1. The predicted molar refractivity (Wildman–Crippen MR) is 150 cm³/mol. The van der Waals surface area contributed by atoms with E-state index in [1.807, 2.05) is 32.9 Å². The Morgan fingerprint density at radius 1 is 1.25 bits per heavy atom. The number of allylic oxidation sites excluding steroid dienone is 4. The Bertz CT molecular complexity index is 1330. The van der Waals surface area contributed by atoms with Crippen LogP contribution >= 0.6 is 0 Å². The Morgan fingerprint density at radius 3 is 2.60 bits per heavy atom. The maximum atomic E-state index is 13.7. The summed E-state index contributed by atoms with van der Waals surface area (Å²) < 4.78 is 47.1. The molecule has 0 amide bonds. The van der Waals surface area contributed by atoms with Crippen LogP contribution in [0.25, 0.3) is 0 Å². The van der Waals surface area contributed by atoms with E-state index in [0.717, 1.165) is 24.5 Å². The molecule has 1 fully saturated rings. The van der Waals surface area contributed by atoms with E-state index in [0.29, 0.717) is 35.5 Å².